The largest absolute Gasteiger partial charge is 0.311 e. The highest BCUT2D eigenvalue weighted by atomic mass is 15.2. The Morgan fingerprint density at radius 3 is 0.619 bits per heavy atom. The number of anilines is 18. The molecule has 0 unspecified atom stereocenters. The Bertz CT molecular complexity index is 4460. The van der Waals surface area contributed by atoms with Crippen molar-refractivity contribution in [1.29, 1.82) is 0 Å². The van der Waals surface area contributed by atoms with E-state index in [1.54, 1.807) is 0 Å². The first kappa shape index (κ1) is 47.5. The van der Waals surface area contributed by atoms with E-state index in [9.17, 15) is 0 Å². The fourth-order valence-corrected chi connectivity index (χ4v) is 15.3. The van der Waals surface area contributed by atoms with Crippen molar-refractivity contribution in [3.05, 3.63) is 264 Å². The molecule has 0 saturated heterocycles. The van der Waals surface area contributed by atoms with E-state index < -0.39 is 0 Å². The van der Waals surface area contributed by atoms with Gasteiger partial charge in [-0.25, -0.2) is 0 Å². The van der Waals surface area contributed by atoms with E-state index in [0.717, 1.165) is 34.1 Å². The van der Waals surface area contributed by atoms with Gasteiger partial charge in [-0.3, -0.25) is 0 Å². The molecule has 6 heterocycles. The Balaban J connectivity index is 1.04. The molecule has 6 nitrogen and oxygen atoms in total. The lowest BCUT2D eigenvalue weighted by Gasteiger charge is -2.51. The van der Waals surface area contributed by atoms with Crippen LogP contribution in [0.4, 0.5) is 102 Å². The second-order valence-corrected chi connectivity index (χ2v) is 24.1. The maximum atomic E-state index is 2.64. The lowest BCUT2D eigenvalue weighted by molar-refractivity contribution is 1.21. The minimum Gasteiger partial charge on any atom is -0.311 e. The summed E-state index contributed by atoms with van der Waals surface area (Å²) >= 11 is 0. The summed E-state index contributed by atoms with van der Waals surface area (Å²) in [6.45, 7) is 13.0. The molecule has 8 heteroatoms. The molecule has 12 aromatic rings. The highest BCUT2D eigenvalue weighted by Gasteiger charge is 2.53. The topological polar surface area (TPSA) is 19.4 Å². The smallest absolute Gasteiger partial charge is 0.257 e. The van der Waals surface area contributed by atoms with Gasteiger partial charge in [0.15, 0.2) is 0 Å². The molecule has 0 atom stereocenters. The van der Waals surface area contributed by atoms with E-state index in [4.69, 9.17) is 0 Å². The molecule has 12 aromatic carbocycles. The standard InChI is InChI=1S/C76H56B2N6/c1-45-19-31-51(32-20-45)79-59-11-7-15-63-69(59)77-71-61(79)13-9-17-65(71)83(55-39-27-49(5)28-40-55)75-57-44-68-74-76(58(57)43-67(73(75)77)81(63)53-35-23-47(3)24-36-53)84(56-41-29-50(6)30-42-56)66-18-10-14-62-72(66)78(74)70-60(80(62)52-33-21-46(2)22-34-52)12-8-16-64(70)82(68)54-37-25-48(4)26-38-54/h7-44H,1-6H3. The van der Waals surface area contributed by atoms with Crippen LogP contribution in [0.3, 0.4) is 0 Å². The van der Waals surface area contributed by atoms with Crippen molar-refractivity contribution in [1.82, 2.24) is 0 Å². The van der Waals surface area contributed by atoms with Crippen LogP contribution in [-0.2, 0) is 0 Å². The number of benzene rings is 12. The first-order valence-electron chi connectivity index (χ1n) is 29.6. The first-order chi connectivity index (χ1) is 41.2. The van der Waals surface area contributed by atoms with Crippen LogP contribution in [0.1, 0.15) is 33.4 Å². The lowest BCUT2D eigenvalue weighted by atomic mass is 9.31. The third kappa shape index (κ3) is 6.37. The fraction of sp³-hybridized carbons (Fsp3) is 0.0789. The second kappa shape index (κ2) is 17.2. The monoisotopic (exact) mass is 1070 g/mol. The van der Waals surface area contributed by atoms with Gasteiger partial charge < -0.3 is 29.4 Å². The van der Waals surface area contributed by atoms with Crippen molar-refractivity contribution >= 4 is 159 Å². The number of aryl methyl sites for hydroxylation is 6. The summed E-state index contributed by atoms with van der Waals surface area (Å²) in [5.41, 5.74) is 36.5. The summed E-state index contributed by atoms with van der Waals surface area (Å²) < 4.78 is 0. The van der Waals surface area contributed by atoms with Crippen LogP contribution in [0.25, 0.3) is 10.8 Å². The van der Waals surface area contributed by atoms with Gasteiger partial charge in [-0.1, -0.05) is 130 Å². The third-order valence-corrected chi connectivity index (χ3v) is 19.0. The van der Waals surface area contributed by atoms with Gasteiger partial charge >= 0.3 is 0 Å². The second-order valence-electron chi connectivity index (χ2n) is 24.1. The quantitative estimate of drug-likeness (QED) is 0.154. The summed E-state index contributed by atoms with van der Waals surface area (Å²) in [6.07, 6.45) is 0. The summed E-state index contributed by atoms with van der Waals surface area (Å²) in [5.74, 6) is 0. The SMILES string of the molecule is Cc1ccc(N2c3cccc4c3B3c5c2cccc5N(c2ccc(C)cc2)c2c3c(cc3c5c6c(cc23)N(c2ccc(C)cc2)c2cccc3c2B6c2c(cccc2N5c2ccc(C)cc2)N3c2ccc(C)cc2)N4c2ccc(C)cc2)cc1. The predicted molar refractivity (Wildman–Crippen MR) is 357 cm³/mol. The van der Waals surface area contributed by atoms with Crippen molar-refractivity contribution in [2.45, 2.75) is 41.5 Å². The summed E-state index contributed by atoms with van der Waals surface area (Å²) in [6, 6.07) is 88.5. The Labute approximate surface area is 491 Å². The molecule has 0 radical (unpaired) electrons. The average Bonchev–Trinajstić information content (AvgIpc) is 0.994. The Kier molecular flexibility index (Phi) is 9.72. The molecule has 0 saturated carbocycles. The molecule has 6 aliphatic heterocycles. The zero-order valence-electron chi connectivity index (χ0n) is 47.8. The highest BCUT2D eigenvalue weighted by Crippen LogP contribution is 2.57. The van der Waals surface area contributed by atoms with Crippen molar-refractivity contribution < 1.29 is 0 Å². The molecule has 0 amide bonds. The maximum Gasteiger partial charge on any atom is 0.257 e. The van der Waals surface area contributed by atoms with E-state index >= 15 is 0 Å². The summed E-state index contributed by atoms with van der Waals surface area (Å²) in [7, 11) is 0. The highest BCUT2D eigenvalue weighted by molar-refractivity contribution is 7.04. The fourth-order valence-electron chi connectivity index (χ4n) is 15.3. The minimum absolute atomic E-state index is 0.0895. The molecular formula is C76H56B2N6. The third-order valence-electron chi connectivity index (χ3n) is 19.0. The zero-order chi connectivity index (χ0) is 56.0. The average molecular weight is 1070 g/mol. The van der Waals surface area contributed by atoms with Crippen LogP contribution >= 0.6 is 0 Å². The molecule has 396 valence electrons. The van der Waals surface area contributed by atoms with Crippen LogP contribution in [0.2, 0.25) is 0 Å². The maximum absolute atomic E-state index is 2.64. The molecule has 18 rings (SSSR count). The Morgan fingerprint density at radius 2 is 0.393 bits per heavy atom. The number of nitrogens with zero attached hydrogens (tertiary/aromatic N) is 6. The molecule has 0 bridgehead atoms. The van der Waals surface area contributed by atoms with Crippen LogP contribution < -0.4 is 62.2 Å². The van der Waals surface area contributed by atoms with Crippen LogP contribution in [0.15, 0.2) is 231 Å². The summed E-state index contributed by atoms with van der Waals surface area (Å²) in [4.78, 5) is 15.6. The van der Waals surface area contributed by atoms with Crippen molar-refractivity contribution in [3.8, 4) is 0 Å². The molecule has 84 heavy (non-hydrogen) atoms. The molecule has 0 aromatic heterocycles. The number of rotatable bonds is 6. The van der Waals surface area contributed by atoms with E-state index in [1.165, 1.54) is 145 Å². The van der Waals surface area contributed by atoms with E-state index in [1.807, 2.05) is 0 Å². The molecule has 0 N–H and O–H groups in total. The van der Waals surface area contributed by atoms with Crippen LogP contribution in [0.5, 0.6) is 0 Å². The number of hydrogen-bond acceptors (Lipinski definition) is 6. The minimum atomic E-state index is -0.0895. The van der Waals surface area contributed by atoms with E-state index in [2.05, 4.69) is 301 Å². The number of fused-ring (bicyclic) bond motifs is 3. The van der Waals surface area contributed by atoms with Crippen molar-refractivity contribution in [2.24, 2.45) is 0 Å². The molecular weight excluding hydrogens is 1020 g/mol. The van der Waals surface area contributed by atoms with E-state index in [-0.39, 0.29) is 13.4 Å². The summed E-state index contributed by atoms with van der Waals surface area (Å²) in [5, 5.41) is 2.41. The zero-order valence-corrected chi connectivity index (χ0v) is 47.8. The van der Waals surface area contributed by atoms with Gasteiger partial charge in [0.25, 0.3) is 13.4 Å². The molecule has 0 aliphatic carbocycles. The van der Waals surface area contributed by atoms with Crippen LogP contribution in [0, 0.1) is 41.5 Å². The van der Waals surface area contributed by atoms with Crippen molar-refractivity contribution in [2.75, 3.05) is 29.4 Å². The predicted octanol–water partition coefficient (Wildman–Crippen LogP) is 16.4. The van der Waals surface area contributed by atoms with Gasteiger partial charge in [-0.2, -0.15) is 0 Å². The van der Waals surface area contributed by atoms with Gasteiger partial charge in [-0.15, -0.1) is 0 Å². The van der Waals surface area contributed by atoms with Gasteiger partial charge in [0, 0.05) is 102 Å². The van der Waals surface area contributed by atoms with Gasteiger partial charge in [0.2, 0.25) is 0 Å². The van der Waals surface area contributed by atoms with Crippen molar-refractivity contribution in [3.63, 3.8) is 0 Å². The first-order valence-corrected chi connectivity index (χ1v) is 29.6. The molecule has 0 fully saturated rings. The number of hydrogen-bond donors (Lipinski definition) is 0. The molecule has 0 spiro atoms. The van der Waals surface area contributed by atoms with E-state index in [0.29, 0.717) is 0 Å². The van der Waals surface area contributed by atoms with Gasteiger partial charge in [0.05, 0.1) is 11.4 Å². The van der Waals surface area contributed by atoms with Gasteiger partial charge in [0.1, 0.15) is 0 Å². The normalized spacial score (nSPS) is 14.1. The van der Waals surface area contributed by atoms with Gasteiger partial charge in [-0.05, 0) is 208 Å². The Hall–Kier alpha value is -10.2. The lowest BCUT2D eigenvalue weighted by Crippen LogP contribution is -2.65. The Morgan fingerprint density at radius 1 is 0.202 bits per heavy atom. The molecule has 6 aliphatic rings. The van der Waals surface area contributed by atoms with Crippen LogP contribution in [-0.4, -0.2) is 13.4 Å².